The van der Waals surface area contributed by atoms with Crippen LogP contribution in [0.2, 0.25) is 0 Å². The predicted molar refractivity (Wildman–Crippen MR) is 39.6 cm³/mol. The molecule has 0 aliphatic rings. The largest absolute Gasteiger partial charge is 0.382 e. The van der Waals surface area contributed by atoms with Gasteiger partial charge in [0.25, 0.3) is 0 Å². The normalized spacial score (nSPS) is 10.6. The topological polar surface area (TPSA) is 43.3 Å². The molecular weight excluding hydrogens is 145 g/mol. The van der Waals surface area contributed by atoms with Gasteiger partial charge in [-0.2, -0.15) is 0 Å². The first-order valence-electron chi connectivity index (χ1n) is 3.15. The van der Waals surface area contributed by atoms with Crippen molar-refractivity contribution in [1.29, 1.82) is 0 Å². The molecule has 0 saturated carbocycles. The van der Waals surface area contributed by atoms with Crippen LogP contribution in [0, 0.1) is 5.82 Å². The smallest absolute Gasteiger partial charge is 0.142 e. The van der Waals surface area contributed by atoms with E-state index in [0.717, 1.165) is 0 Å². The van der Waals surface area contributed by atoms with Crippen LogP contribution in [-0.4, -0.2) is 9.38 Å². The number of aromatic nitrogens is 2. The number of fused-ring (bicyclic) bond motifs is 1. The molecular formula is C7H6FN3. The highest BCUT2D eigenvalue weighted by atomic mass is 19.1. The van der Waals surface area contributed by atoms with Gasteiger partial charge in [0.15, 0.2) is 0 Å². The maximum Gasteiger partial charge on any atom is 0.142 e. The van der Waals surface area contributed by atoms with E-state index in [1.165, 1.54) is 12.3 Å². The molecule has 0 bridgehead atoms. The number of nitrogens with zero attached hydrogens (tertiary/aromatic N) is 2. The minimum absolute atomic E-state index is 0.296. The second-order valence-electron chi connectivity index (χ2n) is 2.28. The van der Waals surface area contributed by atoms with E-state index in [9.17, 15) is 4.39 Å². The van der Waals surface area contributed by atoms with Crippen molar-refractivity contribution in [3.05, 3.63) is 30.3 Å². The summed E-state index contributed by atoms with van der Waals surface area (Å²) in [7, 11) is 0. The van der Waals surface area contributed by atoms with Crippen LogP contribution in [0.5, 0.6) is 0 Å². The number of pyridine rings is 1. The number of hydrogen-bond acceptors (Lipinski definition) is 2. The number of hydrogen-bond donors (Lipinski definition) is 1. The highest BCUT2D eigenvalue weighted by Gasteiger charge is 1.97. The molecule has 2 rings (SSSR count). The Kier molecular flexibility index (Phi) is 1.09. The fourth-order valence-corrected chi connectivity index (χ4v) is 0.984. The summed E-state index contributed by atoms with van der Waals surface area (Å²) in [6.45, 7) is 0. The van der Waals surface area contributed by atoms with Crippen LogP contribution in [0.3, 0.4) is 0 Å². The number of nitrogen functional groups attached to an aromatic ring is 1. The van der Waals surface area contributed by atoms with E-state index < -0.39 is 0 Å². The molecule has 2 N–H and O–H groups in total. The third-order valence-electron chi connectivity index (χ3n) is 1.43. The van der Waals surface area contributed by atoms with Crippen molar-refractivity contribution in [2.75, 3.05) is 5.73 Å². The van der Waals surface area contributed by atoms with Crippen molar-refractivity contribution in [2.45, 2.75) is 0 Å². The van der Waals surface area contributed by atoms with E-state index >= 15 is 0 Å². The zero-order valence-electron chi connectivity index (χ0n) is 5.66. The average Bonchev–Trinajstić information content (AvgIpc) is 2.27. The second-order valence-corrected chi connectivity index (χ2v) is 2.28. The molecule has 2 aromatic rings. The van der Waals surface area contributed by atoms with Gasteiger partial charge in [-0.05, 0) is 12.1 Å². The predicted octanol–water partition coefficient (Wildman–Crippen LogP) is 1.06. The summed E-state index contributed by atoms with van der Waals surface area (Å²) in [6, 6.07) is 2.92. The molecule has 0 radical (unpaired) electrons. The summed E-state index contributed by atoms with van der Waals surface area (Å²) in [6.07, 6.45) is 2.90. The van der Waals surface area contributed by atoms with Crippen molar-refractivity contribution in [3.8, 4) is 0 Å². The number of anilines is 1. The molecule has 56 valence electrons. The SMILES string of the molecule is Nc1cn2cc(F)ccc2n1. The summed E-state index contributed by atoms with van der Waals surface area (Å²) in [5.74, 6) is 0.102. The summed E-state index contributed by atoms with van der Waals surface area (Å²) in [5, 5.41) is 0. The van der Waals surface area contributed by atoms with E-state index in [1.54, 1.807) is 16.7 Å². The molecule has 0 aliphatic heterocycles. The molecule has 3 nitrogen and oxygen atoms in total. The molecule has 0 aromatic carbocycles. The highest BCUT2D eigenvalue weighted by molar-refractivity contribution is 5.46. The van der Waals surface area contributed by atoms with E-state index in [4.69, 9.17) is 5.73 Å². The van der Waals surface area contributed by atoms with E-state index in [1.807, 2.05) is 0 Å². The van der Waals surface area contributed by atoms with Crippen LogP contribution in [0.15, 0.2) is 24.5 Å². The second kappa shape index (κ2) is 1.95. The van der Waals surface area contributed by atoms with Crippen molar-refractivity contribution < 1.29 is 4.39 Å². The Morgan fingerprint density at radius 3 is 3.00 bits per heavy atom. The Hall–Kier alpha value is -1.58. The third-order valence-corrected chi connectivity index (χ3v) is 1.43. The van der Waals surface area contributed by atoms with Gasteiger partial charge < -0.3 is 10.1 Å². The van der Waals surface area contributed by atoms with Gasteiger partial charge in [-0.25, -0.2) is 9.37 Å². The molecule has 11 heavy (non-hydrogen) atoms. The third kappa shape index (κ3) is 0.920. The quantitative estimate of drug-likeness (QED) is 0.611. The van der Waals surface area contributed by atoms with Gasteiger partial charge in [0.1, 0.15) is 17.3 Å². The van der Waals surface area contributed by atoms with Crippen LogP contribution in [-0.2, 0) is 0 Å². The molecule has 0 aliphatic carbocycles. The van der Waals surface area contributed by atoms with Gasteiger partial charge in [0.05, 0.1) is 6.20 Å². The first kappa shape index (κ1) is 6.15. The standard InChI is InChI=1S/C7H6FN3/c8-5-1-2-7-10-6(9)4-11(7)3-5/h1-4H,9H2. The van der Waals surface area contributed by atoms with Crippen LogP contribution in [0.25, 0.3) is 5.65 Å². The van der Waals surface area contributed by atoms with E-state index in [2.05, 4.69) is 4.98 Å². The molecule has 0 fully saturated rings. The Balaban J connectivity index is 2.82. The summed E-state index contributed by atoms with van der Waals surface area (Å²) >= 11 is 0. The molecule has 0 saturated heterocycles. The van der Waals surface area contributed by atoms with Gasteiger partial charge in [-0.3, -0.25) is 0 Å². The van der Waals surface area contributed by atoms with Crippen LogP contribution >= 0.6 is 0 Å². The van der Waals surface area contributed by atoms with Gasteiger partial charge in [-0.1, -0.05) is 0 Å². The van der Waals surface area contributed by atoms with Gasteiger partial charge in [0.2, 0.25) is 0 Å². The van der Waals surface area contributed by atoms with Gasteiger partial charge in [-0.15, -0.1) is 0 Å². The van der Waals surface area contributed by atoms with E-state index in [0.29, 0.717) is 11.5 Å². The van der Waals surface area contributed by atoms with Gasteiger partial charge in [0, 0.05) is 6.20 Å². The maximum atomic E-state index is 12.6. The first-order chi connectivity index (χ1) is 5.25. The fraction of sp³-hybridized carbons (Fsp3) is 0. The summed E-state index contributed by atoms with van der Waals surface area (Å²) in [4.78, 5) is 3.93. The van der Waals surface area contributed by atoms with Gasteiger partial charge >= 0.3 is 0 Å². The lowest BCUT2D eigenvalue weighted by atomic mass is 10.5. The number of rotatable bonds is 0. The molecule has 2 aromatic heterocycles. The minimum Gasteiger partial charge on any atom is -0.382 e. The lowest BCUT2D eigenvalue weighted by Gasteiger charge is -1.89. The minimum atomic E-state index is -0.296. The molecule has 0 atom stereocenters. The lowest BCUT2D eigenvalue weighted by molar-refractivity contribution is 0.619. The molecule has 0 amide bonds. The monoisotopic (exact) mass is 151 g/mol. The molecule has 0 unspecified atom stereocenters. The molecule has 4 heteroatoms. The van der Waals surface area contributed by atoms with Crippen LogP contribution in [0.1, 0.15) is 0 Å². The van der Waals surface area contributed by atoms with Crippen molar-refractivity contribution >= 4 is 11.5 Å². The van der Waals surface area contributed by atoms with Crippen molar-refractivity contribution in [2.24, 2.45) is 0 Å². The van der Waals surface area contributed by atoms with Crippen molar-refractivity contribution in [1.82, 2.24) is 9.38 Å². The maximum absolute atomic E-state index is 12.6. The Labute approximate surface area is 62.3 Å². The Morgan fingerprint density at radius 1 is 1.36 bits per heavy atom. The number of nitrogens with two attached hydrogens (primary N) is 1. The lowest BCUT2D eigenvalue weighted by Crippen LogP contribution is -1.83. The summed E-state index contributed by atoms with van der Waals surface area (Å²) < 4.78 is 14.1. The Morgan fingerprint density at radius 2 is 2.18 bits per heavy atom. The first-order valence-corrected chi connectivity index (χ1v) is 3.15. The fourth-order valence-electron chi connectivity index (χ4n) is 0.984. The molecule has 2 heterocycles. The zero-order chi connectivity index (χ0) is 7.84. The zero-order valence-corrected chi connectivity index (χ0v) is 5.66. The highest BCUT2D eigenvalue weighted by Crippen LogP contribution is 2.06. The molecule has 0 spiro atoms. The number of imidazole rings is 1. The van der Waals surface area contributed by atoms with Crippen molar-refractivity contribution in [3.63, 3.8) is 0 Å². The Bertz CT molecular complexity index is 393. The average molecular weight is 151 g/mol. The van der Waals surface area contributed by atoms with Crippen LogP contribution < -0.4 is 5.73 Å². The number of halogens is 1. The van der Waals surface area contributed by atoms with Crippen LogP contribution in [0.4, 0.5) is 10.2 Å². The summed E-state index contributed by atoms with van der Waals surface area (Å²) in [5.41, 5.74) is 6.04. The van der Waals surface area contributed by atoms with E-state index in [-0.39, 0.29) is 5.82 Å².